The summed E-state index contributed by atoms with van der Waals surface area (Å²) in [6.07, 6.45) is -4.48. The highest BCUT2D eigenvalue weighted by atomic mass is 19.4. The Balaban J connectivity index is 1.64. The second-order valence-electron chi connectivity index (χ2n) is 6.08. The largest absolute Gasteiger partial charge is 0.416 e. The van der Waals surface area contributed by atoms with Crippen LogP contribution in [0.4, 0.5) is 23.2 Å². The number of rotatable bonds is 3. The van der Waals surface area contributed by atoms with E-state index in [4.69, 9.17) is 0 Å². The minimum Gasteiger partial charge on any atom is -0.349 e. The number of hydrogen-bond acceptors (Lipinski definition) is 2. The summed E-state index contributed by atoms with van der Waals surface area (Å²) < 4.78 is 52.2. The van der Waals surface area contributed by atoms with E-state index in [9.17, 15) is 22.4 Å². The van der Waals surface area contributed by atoms with E-state index in [1.54, 1.807) is 0 Å². The van der Waals surface area contributed by atoms with Gasteiger partial charge < -0.3 is 10.3 Å². The summed E-state index contributed by atoms with van der Waals surface area (Å²) in [6, 6.07) is 11.7. The minimum absolute atomic E-state index is 0.155. The number of nitrogens with one attached hydrogen (secondary N) is 3. The summed E-state index contributed by atoms with van der Waals surface area (Å²) in [6.45, 7) is 0. The van der Waals surface area contributed by atoms with Crippen LogP contribution < -0.4 is 5.32 Å². The number of anilines is 1. The number of amides is 1. The molecule has 1 amide bonds. The van der Waals surface area contributed by atoms with Crippen molar-refractivity contribution >= 4 is 22.5 Å². The van der Waals surface area contributed by atoms with E-state index < -0.39 is 23.5 Å². The fourth-order valence-corrected chi connectivity index (χ4v) is 2.83. The van der Waals surface area contributed by atoms with Crippen LogP contribution in [0.15, 0.2) is 54.6 Å². The first-order valence-corrected chi connectivity index (χ1v) is 8.13. The molecule has 0 aliphatic carbocycles. The third-order valence-electron chi connectivity index (χ3n) is 4.16. The summed E-state index contributed by atoms with van der Waals surface area (Å²) in [5.74, 6) is -1.01. The van der Waals surface area contributed by atoms with Crippen LogP contribution in [0.1, 0.15) is 16.1 Å². The van der Waals surface area contributed by atoms with Gasteiger partial charge in [0.1, 0.15) is 17.2 Å². The maximum Gasteiger partial charge on any atom is 0.416 e. The molecule has 4 aromatic rings. The Morgan fingerprint density at radius 3 is 2.61 bits per heavy atom. The number of benzene rings is 2. The van der Waals surface area contributed by atoms with E-state index in [2.05, 4.69) is 20.5 Å². The van der Waals surface area contributed by atoms with Gasteiger partial charge in [-0.1, -0.05) is 6.07 Å². The quantitative estimate of drug-likeness (QED) is 0.434. The van der Waals surface area contributed by atoms with Gasteiger partial charge in [-0.05, 0) is 48.5 Å². The molecule has 9 heteroatoms. The maximum absolute atomic E-state index is 13.2. The second kappa shape index (κ2) is 6.52. The van der Waals surface area contributed by atoms with E-state index in [0.29, 0.717) is 11.2 Å². The lowest BCUT2D eigenvalue weighted by molar-refractivity contribution is -0.137. The number of carbonyl (C=O) groups is 1. The van der Waals surface area contributed by atoms with Crippen LogP contribution in [0, 0.1) is 5.82 Å². The first-order valence-electron chi connectivity index (χ1n) is 8.13. The average molecular weight is 388 g/mol. The van der Waals surface area contributed by atoms with E-state index in [1.165, 1.54) is 42.5 Å². The molecular formula is C19H12F4N4O. The Bertz CT molecular complexity index is 1180. The number of aromatic nitrogens is 3. The molecule has 4 rings (SSSR count). The van der Waals surface area contributed by atoms with Crippen molar-refractivity contribution in [1.82, 2.24) is 15.2 Å². The number of nitrogens with zero attached hydrogens (tertiary/aromatic N) is 1. The van der Waals surface area contributed by atoms with Gasteiger partial charge >= 0.3 is 6.18 Å². The van der Waals surface area contributed by atoms with Crippen LogP contribution in [0.25, 0.3) is 22.3 Å². The van der Waals surface area contributed by atoms with Crippen LogP contribution in [-0.2, 0) is 6.18 Å². The van der Waals surface area contributed by atoms with E-state index in [0.717, 1.165) is 12.1 Å². The Labute approximate surface area is 155 Å². The highest BCUT2D eigenvalue weighted by Crippen LogP contribution is 2.34. The van der Waals surface area contributed by atoms with Gasteiger partial charge in [-0.15, -0.1) is 0 Å². The smallest absolute Gasteiger partial charge is 0.349 e. The first-order chi connectivity index (χ1) is 13.3. The highest BCUT2D eigenvalue weighted by molar-refractivity contribution is 6.04. The Morgan fingerprint density at radius 1 is 1.04 bits per heavy atom. The van der Waals surface area contributed by atoms with Gasteiger partial charge in [-0.3, -0.25) is 9.89 Å². The first kappa shape index (κ1) is 17.8. The standard InChI is InChI=1S/C19H12F4N4O/c20-11-2-1-3-12(9-11)24-18(28)16-7-6-15(25-16)17-13-8-10(19(21,22)23)4-5-14(13)26-27-17/h1-9,25H,(H,24,28)(H,26,27). The summed E-state index contributed by atoms with van der Waals surface area (Å²) in [5, 5.41) is 9.53. The van der Waals surface area contributed by atoms with Crippen molar-refractivity contribution < 1.29 is 22.4 Å². The number of H-pyrrole nitrogens is 2. The van der Waals surface area contributed by atoms with E-state index in [1.807, 2.05) is 0 Å². The summed E-state index contributed by atoms with van der Waals surface area (Å²) >= 11 is 0. The number of alkyl halides is 3. The summed E-state index contributed by atoms with van der Waals surface area (Å²) in [5.41, 5.74) is 0.700. The molecule has 2 heterocycles. The molecule has 0 atom stereocenters. The van der Waals surface area contributed by atoms with Crippen molar-refractivity contribution in [2.24, 2.45) is 0 Å². The van der Waals surface area contributed by atoms with Gasteiger partial charge in [-0.2, -0.15) is 18.3 Å². The number of carbonyl (C=O) groups excluding carboxylic acids is 1. The van der Waals surface area contributed by atoms with Crippen molar-refractivity contribution in [2.45, 2.75) is 6.18 Å². The Morgan fingerprint density at radius 2 is 1.86 bits per heavy atom. The predicted octanol–water partition coefficient (Wildman–Crippen LogP) is 4.97. The predicted molar refractivity (Wildman–Crippen MR) is 95.2 cm³/mol. The number of aromatic amines is 2. The molecule has 28 heavy (non-hydrogen) atoms. The lowest BCUT2D eigenvalue weighted by atomic mass is 10.1. The summed E-state index contributed by atoms with van der Waals surface area (Å²) in [4.78, 5) is 15.1. The molecule has 2 aromatic carbocycles. The molecule has 0 spiro atoms. The van der Waals surface area contributed by atoms with Crippen molar-refractivity contribution in [3.8, 4) is 11.4 Å². The summed E-state index contributed by atoms with van der Waals surface area (Å²) in [7, 11) is 0. The van der Waals surface area contributed by atoms with E-state index >= 15 is 0 Å². The third-order valence-corrected chi connectivity index (χ3v) is 4.16. The molecule has 0 fully saturated rings. The van der Waals surface area contributed by atoms with Crippen LogP contribution in [-0.4, -0.2) is 21.1 Å². The van der Waals surface area contributed by atoms with Gasteiger partial charge in [0, 0.05) is 11.1 Å². The number of hydrogen-bond donors (Lipinski definition) is 3. The van der Waals surface area contributed by atoms with Crippen molar-refractivity contribution in [2.75, 3.05) is 5.32 Å². The molecule has 0 saturated heterocycles. The normalized spacial score (nSPS) is 11.7. The molecule has 0 bridgehead atoms. The van der Waals surface area contributed by atoms with Gasteiger partial charge in [0.05, 0.1) is 16.8 Å². The van der Waals surface area contributed by atoms with Gasteiger partial charge in [0.2, 0.25) is 0 Å². The monoisotopic (exact) mass is 388 g/mol. The van der Waals surface area contributed by atoms with Crippen LogP contribution >= 0.6 is 0 Å². The molecule has 0 aliphatic heterocycles. The zero-order chi connectivity index (χ0) is 19.9. The van der Waals surface area contributed by atoms with Gasteiger partial charge in [-0.25, -0.2) is 4.39 Å². The Hall–Kier alpha value is -3.62. The van der Waals surface area contributed by atoms with Gasteiger partial charge in [0.15, 0.2) is 0 Å². The SMILES string of the molecule is O=C(Nc1cccc(F)c1)c1ccc(-c2n[nH]c3ccc(C(F)(F)F)cc23)[nH]1. The minimum atomic E-state index is -4.48. The van der Waals surface area contributed by atoms with Crippen molar-refractivity contribution in [3.63, 3.8) is 0 Å². The molecule has 0 aliphatic rings. The third kappa shape index (κ3) is 3.34. The topological polar surface area (TPSA) is 73.6 Å². The molecule has 5 nitrogen and oxygen atoms in total. The fraction of sp³-hybridized carbons (Fsp3) is 0.0526. The second-order valence-corrected chi connectivity index (χ2v) is 6.08. The lowest BCUT2D eigenvalue weighted by Crippen LogP contribution is -2.12. The van der Waals surface area contributed by atoms with Crippen LogP contribution in [0.2, 0.25) is 0 Å². The molecular weight excluding hydrogens is 376 g/mol. The van der Waals surface area contributed by atoms with Crippen LogP contribution in [0.3, 0.4) is 0 Å². The van der Waals surface area contributed by atoms with Gasteiger partial charge in [0.25, 0.3) is 5.91 Å². The zero-order valence-corrected chi connectivity index (χ0v) is 14.1. The molecule has 142 valence electrons. The number of halogens is 4. The maximum atomic E-state index is 13.2. The molecule has 0 radical (unpaired) electrons. The molecule has 2 aromatic heterocycles. The zero-order valence-electron chi connectivity index (χ0n) is 14.1. The average Bonchev–Trinajstić information content (AvgIpc) is 3.27. The van der Waals surface area contributed by atoms with Crippen LogP contribution in [0.5, 0.6) is 0 Å². The van der Waals surface area contributed by atoms with Crippen molar-refractivity contribution in [3.05, 3.63) is 71.7 Å². The van der Waals surface area contributed by atoms with Crippen molar-refractivity contribution in [1.29, 1.82) is 0 Å². The fourth-order valence-electron chi connectivity index (χ4n) is 2.83. The van der Waals surface area contributed by atoms with E-state index in [-0.39, 0.29) is 22.5 Å². The molecule has 3 N–H and O–H groups in total. The Kier molecular flexibility index (Phi) is 4.14. The molecule has 0 unspecified atom stereocenters. The highest BCUT2D eigenvalue weighted by Gasteiger charge is 2.31. The molecule has 0 saturated carbocycles. The lowest BCUT2D eigenvalue weighted by Gasteiger charge is -2.06. The number of fused-ring (bicyclic) bond motifs is 1.